The molecule has 6 heteroatoms. The van der Waals surface area contributed by atoms with Crippen LogP contribution in [0.5, 0.6) is 0 Å². The molecule has 21 heavy (non-hydrogen) atoms. The van der Waals surface area contributed by atoms with Crippen molar-refractivity contribution in [2.75, 3.05) is 0 Å². The lowest BCUT2D eigenvalue weighted by Gasteiger charge is -2.25. The third-order valence-corrected chi connectivity index (χ3v) is 4.66. The van der Waals surface area contributed by atoms with Crippen LogP contribution in [0.3, 0.4) is 0 Å². The Morgan fingerprint density at radius 2 is 2.24 bits per heavy atom. The molecule has 1 aromatic heterocycles. The predicted octanol–water partition coefficient (Wildman–Crippen LogP) is 2.92. The van der Waals surface area contributed by atoms with Crippen LogP contribution >= 0.6 is 11.3 Å². The summed E-state index contributed by atoms with van der Waals surface area (Å²) in [6.07, 6.45) is 3.45. The van der Waals surface area contributed by atoms with Crippen LogP contribution in [0.1, 0.15) is 49.6 Å². The van der Waals surface area contributed by atoms with E-state index in [1.165, 1.54) is 10.4 Å². The van der Waals surface area contributed by atoms with Crippen LogP contribution in [-0.2, 0) is 11.2 Å². The van der Waals surface area contributed by atoms with Gasteiger partial charge in [0, 0.05) is 4.88 Å². The lowest BCUT2D eigenvalue weighted by molar-refractivity contribution is -0.139. The lowest BCUT2D eigenvalue weighted by Crippen LogP contribution is -2.47. The Hall–Kier alpha value is -1.56. The largest absolute Gasteiger partial charge is 0.480 e. The molecule has 0 saturated carbocycles. The maximum atomic E-state index is 12.1. The first-order valence-corrected chi connectivity index (χ1v) is 8.21. The van der Waals surface area contributed by atoms with Crippen molar-refractivity contribution in [2.24, 2.45) is 5.92 Å². The highest BCUT2D eigenvalue weighted by Crippen LogP contribution is 2.33. The number of carboxylic acids is 1. The highest BCUT2D eigenvalue weighted by Gasteiger charge is 2.25. The molecule has 1 unspecified atom stereocenters. The number of urea groups is 1. The molecule has 1 aromatic rings. The van der Waals surface area contributed by atoms with Crippen LogP contribution in [-0.4, -0.2) is 23.1 Å². The second-order valence-corrected chi connectivity index (χ2v) is 6.88. The summed E-state index contributed by atoms with van der Waals surface area (Å²) in [4.78, 5) is 24.6. The first-order chi connectivity index (χ1) is 9.97. The Morgan fingerprint density at radius 1 is 1.48 bits per heavy atom. The fourth-order valence-electron chi connectivity index (χ4n) is 2.69. The van der Waals surface area contributed by atoms with Crippen molar-refractivity contribution >= 4 is 23.3 Å². The predicted molar refractivity (Wildman–Crippen MR) is 82.5 cm³/mol. The number of aliphatic carboxylic acids is 1. The summed E-state index contributed by atoms with van der Waals surface area (Å²) in [5.41, 5.74) is 1.18. The van der Waals surface area contributed by atoms with E-state index in [1.54, 1.807) is 11.3 Å². The van der Waals surface area contributed by atoms with Crippen LogP contribution in [0.25, 0.3) is 0 Å². The zero-order valence-electron chi connectivity index (χ0n) is 12.4. The van der Waals surface area contributed by atoms with Crippen molar-refractivity contribution in [2.45, 2.75) is 51.6 Å². The van der Waals surface area contributed by atoms with Crippen molar-refractivity contribution < 1.29 is 14.7 Å². The zero-order chi connectivity index (χ0) is 15.4. The second-order valence-electron chi connectivity index (χ2n) is 5.88. The third kappa shape index (κ3) is 4.20. The molecule has 2 atom stereocenters. The molecule has 2 rings (SSSR count). The minimum absolute atomic E-state index is 0.00602. The molecule has 0 spiro atoms. The molecular weight excluding hydrogens is 288 g/mol. The average molecular weight is 310 g/mol. The van der Waals surface area contributed by atoms with Crippen LogP contribution < -0.4 is 10.6 Å². The van der Waals surface area contributed by atoms with Crippen molar-refractivity contribution in [1.29, 1.82) is 0 Å². The summed E-state index contributed by atoms with van der Waals surface area (Å²) in [7, 11) is 0. The quantitative estimate of drug-likeness (QED) is 0.782. The Labute approximate surface area is 128 Å². The fraction of sp³-hybridized carbons (Fsp3) is 0.600. The highest BCUT2D eigenvalue weighted by molar-refractivity contribution is 7.10. The molecule has 2 amide bonds. The van der Waals surface area contributed by atoms with Crippen molar-refractivity contribution in [3.05, 3.63) is 21.9 Å². The van der Waals surface area contributed by atoms with Gasteiger partial charge in [0.2, 0.25) is 0 Å². The molecule has 1 aliphatic rings. The number of hydrogen-bond acceptors (Lipinski definition) is 3. The number of hydrogen-bond donors (Lipinski definition) is 3. The molecule has 0 radical (unpaired) electrons. The lowest BCUT2D eigenvalue weighted by atomic mass is 9.94. The number of carboxylic acid groups (broad SMARTS) is 1. The summed E-state index contributed by atoms with van der Waals surface area (Å²) < 4.78 is 0. The van der Waals surface area contributed by atoms with Crippen molar-refractivity contribution in [3.63, 3.8) is 0 Å². The maximum Gasteiger partial charge on any atom is 0.326 e. The molecule has 1 heterocycles. The van der Waals surface area contributed by atoms with Gasteiger partial charge in [-0.25, -0.2) is 9.59 Å². The maximum absolute atomic E-state index is 12.1. The average Bonchev–Trinajstić information content (AvgIpc) is 2.86. The number of nitrogens with one attached hydrogen (secondary N) is 2. The minimum atomic E-state index is -0.987. The number of carbonyl (C=O) groups is 2. The van der Waals surface area contributed by atoms with Crippen LogP contribution in [0.2, 0.25) is 0 Å². The van der Waals surface area contributed by atoms with Gasteiger partial charge in [-0.2, -0.15) is 0 Å². The van der Waals surface area contributed by atoms with Gasteiger partial charge in [0.05, 0.1) is 6.04 Å². The van der Waals surface area contributed by atoms with E-state index in [0.29, 0.717) is 6.42 Å². The van der Waals surface area contributed by atoms with Gasteiger partial charge in [0.1, 0.15) is 6.04 Å². The zero-order valence-corrected chi connectivity index (χ0v) is 13.2. The van der Waals surface area contributed by atoms with Gasteiger partial charge >= 0.3 is 12.0 Å². The minimum Gasteiger partial charge on any atom is -0.480 e. The van der Waals surface area contributed by atoms with Crippen molar-refractivity contribution in [1.82, 2.24) is 10.6 Å². The van der Waals surface area contributed by atoms with E-state index in [-0.39, 0.29) is 12.0 Å². The first-order valence-electron chi connectivity index (χ1n) is 7.33. The SMILES string of the molecule is CC(C)C[C@H](NC(=O)NC1CCCc2sccc21)C(=O)O. The topological polar surface area (TPSA) is 78.4 Å². The van der Waals surface area contributed by atoms with E-state index in [1.807, 2.05) is 25.3 Å². The van der Waals surface area contributed by atoms with Crippen LogP contribution in [0.15, 0.2) is 11.4 Å². The highest BCUT2D eigenvalue weighted by atomic mass is 32.1. The third-order valence-electron chi connectivity index (χ3n) is 3.67. The Balaban J connectivity index is 1.94. The fourth-order valence-corrected chi connectivity index (χ4v) is 3.67. The van der Waals surface area contributed by atoms with E-state index in [0.717, 1.165) is 19.3 Å². The Morgan fingerprint density at radius 3 is 2.90 bits per heavy atom. The molecule has 0 saturated heterocycles. The number of carbonyl (C=O) groups excluding carboxylic acids is 1. The Bertz CT molecular complexity index is 513. The van der Waals surface area contributed by atoms with Crippen molar-refractivity contribution in [3.8, 4) is 0 Å². The number of thiophene rings is 1. The Kier molecular flexibility index (Phi) is 5.22. The number of amides is 2. The summed E-state index contributed by atoms with van der Waals surface area (Å²) >= 11 is 1.72. The summed E-state index contributed by atoms with van der Waals surface area (Å²) in [6.45, 7) is 3.88. The van der Waals surface area contributed by atoms with Gasteiger partial charge in [0.25, 0.3) is 0 Å². The van der Waals surface area contributed by atoms with Gasteiger partial charge in [-0.05, 0) is 48.6 Å². The standard InChI is InChI=1S/C15H22N2O3S/c1-9(2)8-12(14(18)19)17-15(20)16-11-4-3-5-13-10(11)6-7-21-13/h6-7,9,11-12H,3-5,8H2,1-2H3,(H,18,19)(H2,16,17,20)/t11?,12-/m0/s1. The summed E-state index contributed by atoms with van der Waals surface area (Å²) in [5, 5.41) is 16.7. The number of aryl methyl sites for hydroxylation is 1. The smallest absolute Gasteiger partial charge is 0.326 e. The number of fused-ring (bicyclic) bond motifs is 1. The monoisotopic (exact) mass is 310 g/mol. The molecule has 0 bridgehead atoms. The molecule has 0 aromatic carbocycles. The summed E-state index contributed by atoms with van der Waals surface area (Å²) in [6, 6.07) is 0.809. The van der Waals surface area contributed by atoms with Gasteiger partial charge in [0.15, 0.2) is 0 Å². The van der Waals surface area contributed by atoms with Gasteiger partial charge in [-0.1, -0.05) is 13.8 Å². The van der Waals surface area contributed by atoms with Gasteiger partial charge < -0.3 is 15.7 Å². The first kappa shape index (κ1) is 15.8. The molecule has 5 nitrogen and oxygen atoms in total. The molecule has 3 N–H and O–H groups in total. The second kappa shape index (κ2) is 6.93. The van der Waals surface area contributed by atoms with Crippen LogP contribution in [0, 0.1) is 5.92 Å². The van der Waals surface area contributed by atoms with Gasteiger partial charge in [-0.3, -0.25) is 0 Å². The summed E-state index contributed by atoms with van der Waals surface area (Å²) in [5.74, 6) is -0.775. The normalized spacial score (nSPS) is 18.9. The molecule has 0 fully saturated rings. The molecule has 1 aliphatic carbocycles. The van der Waals surface area contributed by atoms with Gasteiger partial charge in [-0.15, -0.1) is 11.3 Å². The van der Waals surface area contributed by atoms with E-state index < -0.39 is 18.0 Å². The van der Waals surface area contributed by atoms with E-state index in [9.17, 15) is 9.59 Å². The van der Waals surface area contributed by atoms with E-state index in [2.05, 4.69) is 10.6 Å². The number of rotatable bonds is 5. The molecule has 0 aliphatic heterocycles. The van der Waals surface area contributed by atoms with E-state index >= 15 is 0 Å². The molecule has 116 valence electrons. The van der Waals surface area contributed by atoms with E-state index in [4.69, 9.17) is 5.11 Å². The van der Waals surface area contributed by atoms with Crippen LogP contribution in [0.4, 0.5) is 4.79 Å². The molecular formula is C15H22N2O3S.